The number of nitrogens with one attached hydrogen (secondary N) is 1. The van der Waals surface area contributed by atoms with Crippen LogP contribution < -0.4 is 9.46 Å². The van der Waals surface area contributed by atoms with Crippen molar-refractivity contribution < 1.29 is 13.9 Å². The molecule has 0 saturated carbocycles. The van der Waals surface area contributed by atoms with Crippen molar-refractivity contribution in [2.24, 2.45) is 0 Å². The molecule has 5 nitrogen and oxygen atoms in total. The number of rotatable bonds is 18. The van der Waals surface area contributed by atoms with Crippen LogP contribution in [-0.4, -0.2) is 43.2 Å². The second-order valence-corrected chi connectivity index (χ2v) is 10.2. The normalized spacial score (nSPS) is 11.4. The van der Waals surface area contributed by atoms with Gasteiger partial charge < -0.3 is 18.8 Å². The summed E-state index contributed by atoms with van der Waals surface area (Å²) in [6, 6.07) is 13.5. The van der Waals surface area contributed by atoms with Gasteiger partial charge in [0.25, 0.3) is 0 Å². The number of nitrogens with zero attached hydrogens (tertiary/aromatic N) is 1. The Morgan fingerprint density at radius 2 is 1.59 bits per heavy atom. The average Bonchev–Trinajstić information content (AvgIpc) is 3.28. The number of hydrogen-bond donors (Lipinski definition) is 1. The van der Waals surface area contributed by atoms with Crippen LogP contribution in [-0.2, 0) is 6.42 Å². The Morgan fingerprint density at radius 3 is 2.24 bits per heavy atom. The summed E-state index contributed by atoms with van der Waals surface area (Å²) in [5, 5.41) is 0.867. The molecule has 37 heavy (non-hydrogen) atoms. The van der Waals surface area contributed by atoms with Crippen LogP contribution in [0.25, 0.3) is 11.0 Å². The predicted molar refractivity (Wildman–Crippen MR) is 158 cm³/mol. The number of ketones is 1. The van der Waals surface area contributed by atoms with Gasteiger partial charge in [0.1, 0.15) is 17.1 Å². The van der Waals surface area contributed by atoms with E-state index in [1.165, 1.54) is 50.7 Å². The summed E-state index contributed by atoms with van der Waals surface area (Å²) in [7, 11) is 0. The first-order valence-electron chi connectivity index (χ1n) is 14.0. The van der Waals surface area contributed by atoms with E-state index >= 15 is 0 Å². The maximum Gasteiger partial charge on any atom is 0.197 e. The molecule has 1 heterocycles. The van der Waals surface area contributed by atoms with Gasteiger partial charge in [-0.2, -0.15) is 0 Å². The van der Waals surface area contributed by atoms with E-state index in [-0.39, 0.29) is 5.78 Å². The average molecular weight is 525 g/mol. The number of unbranched alkanes of at least 4 members (excludes halogenated alkanes) is 3. The second-order valence-electron chi connectivity index (χ2n) is 9.63. The van der Waals surface area contributed by atoms with Crippen molar-refractivity contribution in [2.45, 2.75) is 72.1 Å². The van der Waals surface area contributed by atoms with Crippen molar-refractivity contribution in [3.8, 4) is 5.75 Å². The first-order chi connectivity index (χ1) is 18.1. The number of fused-ring (bicyclic) bond motifs is 1. The lowest BCUT2D eigenvalue weighted by Crippen LogP contribution is -2.28. The molecule has 0 bridgehead atoms. The maximum absolute atomic E-state index is 13.7. The predicted octanol–water partition coefficient (Wildman–Crippen LogP) is 8.37. The van der Waals surface area contributed by atoms with Crippen molar-refractivity contribution in [1.82, 2.24) is 4.90 Å². The van der Waals surface area contributed by atoms with Crippen LogP contribution in [0.1, 0.15) is 87.4 Å². The molecule has 0 aliphatic heterocycles. The lowest BCUT2D eigenvalue weighted by atomic mass is 9.98. The van der Waals surface area contributed by atoms with Crippen LogP contribution >= 0.6 is 11.9 Å². The van der Waals surface area contributed by atoms with E-state index < -0.39 is 0 Å². The van der Waals surface area contributed by atoms with Crippen molar-refractivity contribution in [2.75, 3.05) is 37.2 Å². The fourth-order valence-corrected chi connectivity index (χ4v) is 4.88. The molecule has 3 rings (SSSR count). The van der Waals surface area contributed by atoms with E-state index in [1.807, 2.05) is 48.7 Å². The highest BCUT2D eigenvalue weighted by atomic mass is 32.2. The molecule has 1 aromatic heterocycles. The van der Waals surface area contributed by atoms with E-state index in [4.69, 9.17) is 9.15 Å². The molecule has 0 aliphatic rings. The fourth-order valence-electron chi connectivity index (χ4n) is 4.52. The van der Waals surface area contributed by atoms with Gasteiger partial charge in [-0.05, 0) is 81.2 Å². The minimum Gasteiger partial charge on any atom is -0.494 e. The fraction of sp³-hybridized carbons (Fsp3) is 0.516. The molecule has 6 heteroatoms. The summed E-state index contributed by atoms with van der Waals surface area (Å²) in [4.78, 5) is 16.2. The monoisotopic (exact) mass is 524 g/mol. The Kier molecular flexibility index (Phi) is 12.4. The number of anilines is 1. The third kappa shape index (κ3) is 8.54. The van der Waals surface area contributed by atoms with E-state index in [1.54, 1.807) is 0 Å². The topological polar surface area (TPSA) is 54.7 Å². The smallest absolute Gasteiger partial charge is 0.197 e. The van der Waals surface area contributed by atoms with Gasteiger partial charge >= 0.3 is 0 Å². The van der Waals surface area contributed by atoms with Gasteiger partial charge in [0, 0.05) is 35.9 Å². The summed E-state index contributed by atoms with van der Waals surface area (Å²) in [5.74, 6) is 1.58. The first-order valence-corrected chi connectivity index (χ1v) is 15.2. The van der Waals surface area contributed by atoms with E-state index in [2.05, 4.69) is 30.4 Å². The zero-order valence-corrected chi connectivity index (χ0v) is 23.9. The van der Waals surface area contributed by atoms with E-state index in [0.29, 0.717) is 17.7 Å². The van der Waals surface area contributed by atoms with Crippen LogP contribution in [0.15, 0.2) is 46.9 Å². The van der Waals surface area contributed by atoms with Gasteiger partial charge in [0.15, 0.2) is 5.78 Å². The summed E-state index contributed by atoms with van der Waals surface area (Å²) in [5.41, 5.74) is 3.05. The van der Waals surface area contributed by atoms with Crippen molar-refractivity contribution in [3.05, 3.63) is 59.4 Å². The third-order valence-corrected chi connectivity index (χ3v) is 7.06. The van der Waals surface area contributed by atoms with Crippen LogP contribution in [0.3, 0.4) is 0 Å². The minimum atomic E-state index is 0.000180. The summed E-state index contributed by atoms with van der Waals surface area (Å²) < 4.78 is 15.4. The minimum absolute atomic E-state index is 0.000180. The highest BCUT2D eigenvalue weighted by molar-refractivity contribution is 7.99. The quantitative estimate of drug-likeness (QED) is 0.102. The molecule has 0 fully saturated rings. The van der Waals surface area contributed by atoms with Crippen molar-refractivity contribution in [3.63, 3.8) is 0 Å². The van der Waals surface area contributed by atoms with Crippen LogP contribution in [0.4, 0.5) is 5.69 Å². The molecule has 2 aromatic carbocycles. The third-order valence-electron chi connectivity index (χ3n) is 6.62. The maximum atomic E-state index is 13.7. The number of carbonyl (C=O) groups is 1. The van der Waals surface area contributed by atoms with Gasteiger partial charge in [-0.1, -0.05) is 52.0 Å². The summed E-state index contributed by atoms with van der Waals surface area (Å²) in [6.07, 6.45) is 10.7. The number of ether oxygens (including phenoxy) is 1. The molecular formula is C31H44N2O3S. The van der Waals surface area contributed by atoms with Crippen LogP contribution in [0, 0.1) is 0 Å². The number of benzene rings is 2. The molecule has 0 saturated heterocycles. The van der Waals surface area contributed by atoms with Gasteiger partial charge in [-0.3, -0.25) is 4.79 Å². The zero-order chi connectivity index (χ0) is 26.5. The highest BCUT2D eigenvalue weighted by Crippen LogP contribution is 2.32. The Morgan fingerprint density at radius 1 is 0.919 bits per heavy atom. The zero-order valence-electron chi connectivity index (χ0n) is 23.1. The molecule has 202 valence electrons. The Balaban J connectivity index is 1.67. The Labute approximate surface area is 227 Å². The molecule has 0 unspecified atom stereocenters. The van der Waals surface area contributed by atoms with Gasteiger partial charge in [0.05, 0.1) is 12.2 Å². The molecule has 0 amide bonds. The van der Waals surface area contributed by atoms with Gasteiger partial charge in [-0.15, -0.1) is 0 Å². The lowest BCUT2D eigenvalue weighted by molar-refractivity contribution is 0.103. The molecular weight excluding hydrogens is 480 g/mol. The Hall–Kier alpha value is -2.44. The second kappa shape index (κ2) is 15.7. The van der Waals surface area contributed by atoms with E-state index in [9.17, 15) is 4.79 Å². The molecule has 3 aromatic rings. The number of hydrogen-bond acceptors (Lipinski definition) is 6. The Bertz CT molecular complexity index is 1090. The molecule has 0 atom stereocenters. The number of furan rings is 1. The first kappa shape index (κ1) is 29.1. The lowest BCUT2D eigenvalue weighted by Gasteiger charge is -2.21. The number of carbonyl (C=O) groups excluding carboxylic acids is 1. The van der Waals surface area contributed by atoms with Crippen molar-refractivity contribution in [1.29, 1.82) is 0 Å². The SMILES string of the molecule is CCCCc1oc2ccc(NSC)cc2c1C(=O)c1ccc(OCCCN(CCCC)CCCC)cc1. The van der Waals surface area contributed by atoms with Gasteiger partial charge in [0.2, 0.25) is 0 Å². The van der Waals surface area contributed by atoms with E-state index in [0.717, 1.165) is 60.4 Å². The molecule has 0 spiro atoms. The summed E-state index contributed by atoms with van der Waals surface area (Å²) in [6.45, 7) is 10.7. The van der Waals surface area contributed by atoms with Crippen LogP contribution in [0.5, 0.6) is 5.75 Å². The molecule has 0 aliphatic carbocycles. The standard InChI is InChI=1S/C31H44N2O3S/c1-5-8-12-29-30(27-23-25(32-37-4)15-18-28(27)36-29)31(34)24-13-16-26(17-14-24)35-22-11-21-33(19-9-6-2)20-10-7-3/h13-18,23,32H,5-12,19-22H2,1-4H3. The number of aryl methyl sites for hydroxylation is 1. The van der Waals surface area contributed by atoms with Crippen LogP contribution in [0.2, 0.25) is 0 Å². The molecule has 1 N–H and O–H groups in total. The highest BCUT2D eigenvalue weighted by Gasteiger charge is 2.22. The summed E-state index contributed by atoms with van der Waals surface area (Å²) >= 11 is 1.53. The van der Waals surface area contributed by atoms with Gasteiger partial charge in [-0.25, -0.2) is 0 Å². The van der Waals surface area contributed by atoms with Crippen molar-refractivity contribution >= 4 is 34.4 Å². The largest absolute Gasteiger partial charge is 0.494 e. The molecule has 0 radical (unpaired) electrons.